The molecule has 3 N–H and O–H groups in total. The van der Waals surface area contributed by atoms with E-state index in [0.717, 1.165) is 5.56 Å². The molecule has 0 aromatic heterocycles. The number of methoxy groups -OCH3 is 1. The first-order valence-corrected chi connectivity index (χ1v) is 12.1. The fourth-order valence-corrected chi connectivity index (χ4v) is 4.93. The fraction of sp³-hybridized carbons (Fsp3) is 0.524. The molecule has 1 amide bonds. The molecule has 182 valence electrons. The van der Waals surface area contributed by atoms with E-state index in [9.17, 15) is 19.3 Å². The predicted molar refractivity (Wildman–Crippen MR) is 118 cm³/mol. The SMILES string of the molecule is COC(=O)C(C)NP(=O)(OC[C@@H]1CC[C@H](N2C=C(C)C(=O)N[C@@H]2O)O1)Oc1ccc(C)cc1. The summed E-state index contributed by atoms with van der Waals surface area (Å²) in [7, 11) is -2.75. The van der Waals surface area contributed by atoms with Crippen molar-refractivity contribution < 1.29 is 37.8 Å². The highest BCUT2D eigenvalue weighted by atomic mass is 31.2. The van der Waals surface area contributed by atoms with Crippen molar-refractivity contribution in [3.05, 3.63) is 41.6 Å². The summed E-state index contributed by atoms with van der Waals surface area (Å²) in [6.07, 6.45) is 0.514. The second kappa shape index (κ2) is 10.7. The Kier molecular flexibility index (Phi) is 8.14. The fourth-order valence-electron chi connectivity index (χ4n) is 3.40. The van der Waals surface area contributed by atoms with E-state index < -0.39 is 38.4 Å². The van der Waals surface area contributed by atoms with E-state index in [2.05, 4.69) is 15.1 Å². The third-order valence-electron chi connectivity index (χ3n) is 5.24. The Morgan fingerprint density at radius 1 is 1.33 bits per heavy atom. The Hall–Kier alpha value is -2.43. The number of aliphatic hydroxyl groups excluding tert-OH is 1. The smallest absolute Gasteiger partial charge is 0.459 e. The molecular formula is C21H30N3O8P. The largest absolute Gasteiger partial charge is 0.468 e. The minimum Gasteiger partial charge on any atom is -0.468 e. The van der Waals surface area contributed by atoms with Crippen molar-refractivity contribution in [2.45, 2.75) is 58.3 Å². The average molecular weight is 483 g/mol. The maximum Gasteiger partial charge on any atom is 0.459 e. The van der Waals surface area contributed by atoms with Gasteiger partial charge in [-0.05, 0) is 45.7 Å². The van der Waals surface area contributed by atoms with Gasteiger partial charge < -0.3 is 29.3 Å². The highest BCUT2D eigenvalue weighted by Crippen LogP contribution is 2.45. The van der Waals surface area contributed by atoms with Crippen LogP contribution in [-0.4, -0.2) is 60.3 Å². The van der Waals surface area contributed by atoms with E-state index >= 15 is 0 Å². The van der Waals surface area contributed by atoms with Crippen LogP contribution in [-0.2, 0) is 28.2 Å². The summed E-state index contributed by atoms with van der Waals surface area (Å²) in [6.45, 7) is 4.95. The molecule has 11 nitrogen and oxygen atoms in total. The summed E-state index contributed by atoms with van der Waals surface area (Å²) in [5.74, 6) is -0.657. The zero-order valence-corrected chi connectivity index (χ0v) is 19.9. The second-order valence-corrected chi connectivity index (χ2v) is 9.66. The van der Waals surface area contributed by atoms with Gasteiger partial charge in [-0.1, -0.05) is 17.7 Å². The van der Waals surface area contributed by atoms with Crippen LogP contribution in [0.1, 0.15) is 32.3 Å². The number of benzene rings is 1. The van der Waals surface area contributed by atoms with Crippen LogP contribution in [0.25, 0.3) is 0 Å². The summed E-state index contributed by atoms with van der Waals surface area (Å²) in [4.78, 5) is 25.0. The van der Waals surface area contributed by atoms with E-state index in [-0.39, 0.29) is 12.5 Å². The first-order chi connectivity index (χ1) is 15.6. The van der Waals surface area contributed by atoms with Crippen LogP contribution in [0, 0.1) is 6.92 Å². The van der Waals surface area contributed by atoms with Crippen molar-refractivity contribution in [1.29, 1.82) is 0 Å². The van der Waals surface area contributed by atoms with Crippen molar-refractivity contribution >= 4 is 19.6 Å². The van der Waals surface area contributed by atoms with Gasteiger partial charge in [0, 0.05) is 11.8 Å². The van der Waals surface area contributed by atoms with Gasteiger partial charge in [0.2, 0.25) is 6.35 Å². The van der Waals surface area contributed by atoms with E-state index in [0.29, 0.717) is 24.2 Å². The topological polar surface area (TPSA) is 136 Å². The van der Waals surface area contributed by atoms with Crippen LogP contribution >= 0.6 is 7.75 Å². The second-order valence-electron chi connectivity index (χ2n) is 7.97. The first-order valence-electron chi connectivity index (χ1n) is 10.6. The third kappa shape index (κ3) is 6.55. The molecule has 1 fully saturated rings. The van der Waals surface area contributed by atoms with Crippen LogP contribution < -0.4 is 14.9 Å². The number of hydrogen-bond donors (Lipinski definition) is 3. The molecule has 12 heteroatoms. The van der Waals surface area contributed by atoms with Crippen LogP contribution in [0.3, 0.4) is 0 Å². The van der Waals surface area contributed by atoms with E-state index in [1.165, 1.54) is 18.9 Å². The summed E-state index contributed by atoms with van der Waals surface area (Å²) in [5.41, 5.74) is 1.44. The van der Waals surface area contributed by atoms with Gasteiger partial charge in [-0.2, -0.15) is 5.09 Å². The molecule has 0 radical (unpaired) electrons. The summed E-state index contributed by atoms with van der Waals surface area (Å²) >= 11 is 0. The summed E-state index contributed by atoms with van der Waals surface area (Å²) < 4.78 is 35.3. The van der Waals surface area contributed by atoms with Gasteiger partial charge in [-0.25, -0.2) is 4.57 Å². The van der Waals surface area contributed by atoms with E-state index in [1.54, 1.807) is 37.4 Å². The third-order valence-corrected chi connectivity index (χ3v) is 6.89. The number of amides is 1. The number of rotatable bonds is 9. The van der Waals surface area contributed by atoms with Crippen molar-refractivity contribution in [3.8, 4) is 5.75 Å². The molecule has 5 atom stereocenters. The highest BCUT2D eigenvalue weighted by Gasteiger charge is 2.38. The zero-order valence-electron chi connectivity index (χ0n) is 19.0. The lowest BCUT2D eigenvalue weighted by molar-refractivity contribution is -0.142. The molecule has 0 spiro atoms. The Labute approximate surface area is 192 Å². The number of carbonyl (C=O) groups is 2. The molecule has 2 heterocycles. The molecule has 2 aliphatic heterocycles. The van der Waals surface area contributed by atoms with Gasteiger partial charge in [0.1, 0.15) is 18.0 Å². The van der Waals surface area contributed by atoms with Gasteiger partial charge in [0.25, 0.3) is 5.91 Å². The number of hydrogen-bond acceptors (Lipinski definition) is 9. The summed E-state index contributed by atoms with van der Waals surface area (Å²) in [5, 5.41) is 15.2. The standard InChI is InChI=1S/C21H30N3O8P/c1-13-5-7-16(8-6-13)32-33(28,23-15(3)20(26)29-4)30-12-17-9-10-18(31-17)24-11-14(2)19(25)22-21(24)27/h5-8,11,15,17-18,21,27H,9-10,12H2,1-4H3,(H,22,25)(H,23,28)/t15?,17-,18+,21-,33?/m0/s1. The summed E-state index contributed by atoms with van der Waals surface area (Å²) in [6, 6.07) is 5.96. The minimum absolute atomic E-state index is 0.0838. The lowest BCUT2D eigenvalue weighted by Gasteiger charge is -2.35. The van der Waals surface area contributed by atoms with Gasteiger partial charge in [-0.3, -0.25) is 14.1 Å². The molecule has 0 aliphatic carbocycles. The maximum atomic E-state index is 13.4. The van der Waals surface area contributed by atoms with Crippen molar-refractivity contribution in [2.75, 3.05) is 13.7 Å². The van der Waals surface area contributed by atoms with Gasteiger partial charge in [-0.15, -0.1) is 0 Å². The molecule has 1 saturated heterocycles. The van der Waals surface area contributed by atoms with E-state index in [4.69, 9.17) is 13.8 Å². The molecule has 0 saturated carbocycles. The van der Waals surface area contributed by atoms with Crippen LogP contribution in [0.4, 0.5) is 0 Å². The highest BCUT2D eigenvalue weighted by molar-refractivity contribution is 7.52. The Morgan fingerprint density at radius 3 is 2.70 bits per heavy atom. The first kappa shape index (κ1) is 25.2. The molecule has 33 heavy (non-hydrogen) atoms. The quantitative estimate of drug-likeness (QED) is 0.352. The van der Waals surface area contributed by atoms with Gasteiger partial charge >= 0.3 is 13.7 Å². The Bertz CT molecular complexity index is 938. The molecule has 0 bridgehead atoms. The minimum atomic E-state index is -3.98. The van der Waals surface area contributed by atoms with Crippen molar-refractivity contribution in [1.82, 2.24) is 15.3 Å². The number of nitrogens with zero attached hydrogens (tertiary/aromatic N) is 1. The number of carbonyl (C=O) groups excluding carboxylic acids is 2. The maximum absolute atomic E-state index is 13.4. The molecule has 2 aliphatic rings. The van der Waals surface area contributed by atoms with Crippen molar-refractivity contribution in [2.24, 2.45) is 0 Å². The van der Waals surface area contributed by atoms with Gasteiger partial charge in [0.05, 0.1) is 19.8 Å². The van der Waals surface area contributed by atoms with Crippen molar-refractivity contribution in [3.63, 3.8) is 0 Å². The van der Waals surface area contributed by atoms with Crippen LogP contribution in [0.15, 0.2) is 36.0 Å². The number of aryl methyl sites for hydroxylation is 1. The molecule has 1 aromatic rings. The number of nitrogens with one attached hydrogen (secondary N) is 2. The Balaban J connectivity index is 1.65. The number of ether oxygens (including phenoxy) is 2. The normalized spacial score (nSPS) is 25.6. The number of aliphatic hydroxyl groups is 1. The zero-order chi connectivity index (χ0) is 24.2. The number of esters is 1. The lowest BCUT2D eigenvalue weighted by Crippen LogP contribution is -2.53. The molecule has 2 unspecified atom stereocenters. The molecule has 1 aromatic carbocycles. The van der Waals surface area contributed by atoms with Gasteiger partial charge in [0.15, 0.2) is 0 Å². The van der Waals surface area contributed by atoms with E-state index in [1.807, 2.05) is 6.92 Å². The molecule has 3 rings (SSSR count). The monoisotopic (exact) mass is 483 g/mol. The van der Waals surface area contributed by atoms with Crippen LogP contribution in [0.5, 0.6) is 5.75 Å². The Morgan fingerprint density at radius 2 is 2.03 bits per heavy atom. The molecular weight excluding hydrogens is 453 g/mol. The van der Waals surface area contributed by atoms with Crippen LogP contribution in [0.2, 0.25) is 0 Å². The predicted octanol–water partition coefficient (Wildman–Crippen LogP) is 1.77. The average Bonchev–Trinajstić information content (AvgIpc) is 3.25. The lowest BCUT2D eigenvalue weighted by atomic mass is 10.2.